The van der Waals surface area contributed by atoms with E-state index >= 15 is 0 Å². The van der Waals surface area contributed by atoms with Gasteiger partial charge in [-0.25, -0.2) is 0 Å². The molecule has 0 amide bonds. The Morgan fingerprint density at radius 3 is 1.27 bits per heavy atom. The molecule has 30 heavy (non-hydrogen) atoms. The second-order valence-electron chi connectivity index (χ2n) is 7.05. The molecule has 0 aliphatic carbocycles. The first-order valence-corrected chi connectivity index (χ1v) is 13.9. The molecule has 0 atom stereocenters. The normalized spacial score (nSPS) is 12.5. The Bertz CT molecular complexity index is 1040. The summed E-state index contributed by atoms with van der Waals surface area (Å²) in [7, 11) is 1.40. The number of benzene rings is 4. The standard InChI is InChI=1S/C26H22BrO2P/c1-29-26(28)21-17-19-25(20-18-21)30(27,22-11-5-2-6-12-22,23-13-7-3-8-14-23)24-15-9-4-10-16-24/h2-20H,1H3. The van der Waals surface area contributed by atoms with Gasteiger partial charge in [-0.3, -0.25) is 0 Å². The minimum absolute atomic E-state index is 0.337. The summed E-state index contributed by atoms with van der Waals surface area (Å²) in [6, 6.07) is 39.4. The molecule has 4 heteroatoms. The van der Waals surface area contributed by atoms with E-state index < -0.39 is 5.31 Å². The number of hydrogen-bond donors (Lipinski definition) is 0. The summed E-state index contributed by atoms with van der Waals surface area (Å²) in [5.41, 5.74) is 0.535. The summed E-state index contributed by atoms with van der Waals surface area (Å²) in [6.07, 6.45) is 0. The molecule has 0 radical (unpaired) electrons. The zero-order valence-electron chi connectivity index (χ0n) is 16.6. The summed E-state index contributed by atoms with van der Waals surface area (Å²) < 4.78 is 4.90. The molecule has 0 aliphatic heterocycles. The number of esters is 1. The molecule has 0 N–H and O–H groups in total. The topological polar surface area (TPSA) is 26.3 Å². The second-order valence-corrected chi connectivity index (χ2v) is 15.4. The van der Waals surface area contributed by atoms with E-state index in [4.69, 9.17) is 4.74 Å². The van der Waals surface area contributed by atoms with Crippen molar-refractivity contribution in [1.82, 2.24) is 0 Å². The van der Waals surface area contributed by atoms with Crippen LogP contribution in [-0.2, 0) is 4.74 Å². The molecule has 2 nitrogen and oxygen atoms in total. The zero-order valence-corrected chi connectivity index (χ0v) is 19.1. The molecule has 150 valence electrons. The SMILES string of the molecule is COC(=O)c1ccc(P(Br)(c2ccccc2)(c2ccccc2)c2ccccc2)cc1. The monoisotopic (exact) mass is 476 g/mol. The summed E-state index contributed by atoms with van der Waals surface area (Å²) in [6.45, 7) is 0. The number of rotatable bonds is 5. The Morgan fingerprint density at radius 1 is 0.600 bits per heavy atom. The van der Waals surface area contributed by atoms with Gasteiger partial charge in [0, 0.05) is 0 Å². The molecule has 0 unspecified atom stereocenters. The van der Waals surface area contributed by atoms with Crippen molar-refractivity contribution in [3.63, 3.8) is 0 Å². The van der Waals surface area contributed by atoms with E-state index in [9.17, 15) is 4.79 Å². The van der Waals surface area contributed by atoms with Gasteiger partial charge in [0.05, 0.1) is 0 Å². The number of ether oxygens (including phenoxy) is 1. The Hall–Kier alpha value is -2.74. The van der Waals surface area contributed by atoms with Gasteiger partial charge >= 0.3 is 185 Å². The number of halogens is 1. The van der Waals surface area contributed by atoms with Crippen LogP contribution in [0.15, 0.2) is 115 Å². The van der Waals surface area contributed by atoms with Crippen molar-refractivity contribution in [3.8, 4) is 0 Å². The van der Waals surface area contributed by atoms with Crippen LogP contribution >= 0.6 is 20.8 Å². The van der Waals surface area contributed by atoms with Crippen molar-refractivity contribution in [2.24, 2.45) is 0 Å². The first-order valence-electron chi connectivity index (χ1n) is 9.68. The Labute approximate surface area is 185 Å². The van der Waals surface area contributed by atoms with E-state index in [2.05, 4.69) is 88.3 Å². The van der Waals surface area contributed by atoms with Gasteiger partial charge in [-0.2, -0.15) is 0 Å². The van der Waals surface area contributed by atoms with Crippen LogP contribution in [0.3, 0.4) is 0 Å². The fourth-order valence-electron chi connectivity index (χ4n) is 4.01. The van der Waals surface area contributed by atoms with Crippen molar-refractivity contribution in [2.75, 3.05) is 7.11 Å². The fourth-order valence-corrected chi connectivity index (χ4v) is 11.5. The average Bonchev–Trinajstić information content (AvgIpc) is 2.85. The number of carbonyl (C=O) groups excluding carboxylic acids is 1. The van der Waals surface area contributed by atoms with E-state index in [1.165, 1.54) is 23.0 Å². The van der Waals surface area contributed by atoms with Crippen LogP contribution in [0.1, 0.15) is 10.4 Å². The molecule has 4 rings (SSSR count). The van der Waals surface area contributed by atoms with Crippen molar-refractivity contribution >= 4 is 48.0 Å². The van der Waals surface area contributed by atoms with Gasteiger partial charge in [0.25, 0.3) is 0 Å². The van der Waals surface area contributed by atoms with Crippen LogP contribution in [-0.4, -0.2) is 13.1 Å². The third-order valence-corrected chi connectivity index (χ3v) is 15.5. The predicted octanol–water partition coefficient (Wildman–Crippen LogP) is 4.94. The number of methoxy groups -OCH3 is 1. The summed E-state index contributed by atoms with van der Waals surface area (Å²) >= 11 is 4.42. The van der Waals surface area contributed by atoms with Crippen molar-refractivity contribution in [1.29, 1.82) is 0 Å². The van der Waals surface area contributed by atoms with E-state index in [1.54, 1.807) is 0 Å². The van der Waals surface area contributed by atoms with Crippen LogP contribution in [0.4, 0.5) is 0 Å². The van der Waals surface area contributed by atoms with E-state index in [0.717, 1.165) is 5.30 Å². The molecular weight excluding hydrogens is 455 g/mol. The van der Waals surface area contributed by atoms with E-state index in [0.29, 0.717) is 5.56 Å². The third-order valence-electron chi connectivity index (χ3n) is 5.50. The molecule has 0 saturated heterocycles. The molecule has 0 aromatic heterocycles. The zero-order chi connectivity index (χ0) is 21.1. The minimum atomic E-state index is -3.23. The molecule has 4 aromatic carbocycles. The van der Waals surface area contributed by atoms with Gasteiger partial charge in [0.15, 0.2) is 0 Å². The summed E-state index contributed by atoms with van der Waals surface area (Å²) in [5.74, 6) is -0.337. The van der Waals surface area contributed by atoms with Gasteiger partial charge in [0.1, 0.15) is 0 Å². The Morgan fingerprint density at radius 2 is 0.933 bits per heavy atom. The van der Waals surface area contributed by atoms with Crippen LogP contribution in [0.5, 0.6) is 0 Å². The fraction of sp³-hybridized carbons (Fsp3) is 0.0385. The summed E-state index contributed by atoms with van der Waals surface area (Å²) in [5, 5.41) is 1.50. The number of carbonyl (C=O) groups is 1. The quantitative estimate of drug-likeness (QED) is 0.301. The van der Waals surface area contributed by atoms with Crippen molar-refractivity contribution in [2.45, 2.75) is 0 Å². The third kappa shape index (κ3) is 3.10. The molecule has 0 saturated carbocycles. The molecule has 0 spiro atoms. The molecule has 0 bridgehead atoms. The van der Waals surface area contributed by atoms with E-state index in [1.807, 2.05) is 42.5 Å². The van der Waals surface area contributed by atoms with Crippen LogP contribution < -0.4 is 21.2 Å². The van der Waals surface area contributed by atoms with Crippen LogP contribution in [0.25, 0.3) is 0 Å². The predicted molar refractivity (Wildman–Crippen MR) is 131 cm³/mol. The average molecular weight is 477 g/mol. The Balaban J connectivity index is 2.13. The first kappa shape index (κ1) is 20.5. The van der Waals surface area contributed by atoms with Gasteiger partial charge in [-0.05, 0) is 0 Å². The van der Waals surface area contributed by atoms with Crippen LogP contribution in [0.2, 0.25) is 0 Å². The van der Waals surface area contributed by atoms with Crippen molar-refractivity contribution < 1.29 is 9.53 Å². The van der Waals surface area contributed by atoms with Gasteiger partial charge < -0.3 is 0 Å². The second kappa shape index (κ2) is 8.18. The molecule has 0 heterocycles. The molecular formula is C26H22BrO2P. The molecule has 0 aliphatic rings. The molecule has 4 aromatic rings. The van der Waals surface area contributed by atoms with Gasteiger partial charge in [0.2, 0.25) is 0 Å². The maximum atomic E-state index is 12.0. The Kier molecular flexibility index (Phi) is 5.60. The van der Waals surface area contributed by atoms with Crippen molar-refractivity contribution in [3.05, 3.63) is 121 Å². The summed E-state index contributed by atoms with van der Waals surface area (Å²) in [4.78, 5) is 12.0. The first-order chi connectivity index (χ1) is 14.6. The van der Waals surface area contributed by atoms with Gasteiger partial charge in [-0.1, -0.05) is 0 Å². The van der Waals surface area contributed by atoms with Crippen LogP contribution in [0, 0.1) is 0 Å². The molecule has 0 fully saturated rings. The number of hydrogen-bond acceptors (Lipinski definition) is 2. The van der Waals surface area contributed by atoms with E-state index in [-0.39, 0.29) is 5.97 Å². The van der Waals surface area contributed by atoms with Gasteiger partial charge in [-0.15, -0.1) is 0 Å². The maximum absolute atomic E-state index is 12.0.